The second-order valence-corrected chi connectivity index (χ2v) is 8.64. The number of carbonyl (C=O) groups excluding carboxylic acids is 2. The van der Waals surface area contributed by atoms with Gasteiger partial charge in [-0.1, -0.05) is 18.2 Å². The van der Waals surface area contributed by atoms with Crippen LogP contribution in [0.25, 0.3) is 0 Å². The number of rotatable bonds is 8. The molecule has 0 aliphatic carbocycles. The van der Waals surface area contributed by atoms with Crippen molar-refractivity contribution in [2.24, 2.45) is 5.73 Å². The van der Waals surface area contributed by atoms with Crippen molar-refractivity contribution in [1.29, 1.82) is 0 Å². The highest BCUT2D eigenvalue weighted by molar-refractivity contribution is 5.97. The van der Waals surface area contributed by atoms with Gasteiger partial charge >= 0.3 is 0 Å². The van der Waals surface area contributed by atoms with Crippen LogP contribution in [-0.4, -0.2) is 49.0 Å². The number of amides is 2. The van der Waals surface area contributed by atoms with E-state index in [1.165, 1.54) is 5.56 Å². The van der Waals surface area contributed by atoms with Crippen molar-refractivity contribution < 1.29 is 14.3 Å². The van der Waals surface area contributed by atoms with E-state index in [1.54, 1.807) is 0 Å². The minimum atomic E-state index is 0.0447. The van der Waals surface area contributed by atoms with E-state index in [0.29, 0.717) is 31.7 Å². The van der Waals surface area contributed by atoms with Gasteiger partial charge in [0, 0.05) is 36.8 Å². The molecule has 0 spiro atoms. The second-order valence-electron chi connectivity index (χ2n) is 8.64. The molecule has 1 saturated heterocycles. The molecule has 32 heavy (non-hydrogen) atoms. The number of aryl methyl sites for hydroxylation is 1. The summed E-state index contributed by atoms with van der Waals surface area (Å²) in [6.45, 7) is 2.71. The first-order valence-electron chi connectivity index (χ1n) is 11.8. The van der Waals surface area contributed by atoms with Crippen molar-refractivity contribution in [2.75, 3.05) is 31.1 Å². The van der Waals surface area contributed by atoms with Crippen LogP contribution < -0.4 is 15.4 Å². The average Bonchev–Trinajstić information content (AvgIpc) is 2.84. The molecule has 2 N–H and O–H groups in total. The Morgan fingerprint density at radius 2 is 1.72 bits per heavy atom. The molecule has 2 aromatic rings. The van der Waals surface area contributed by atoms with E-state index in [0.717, 1.165) is 56.5 Å². The number of hydrogen-bond donors (Lipinski definition) is 1. The molecule has 170 valence electrons. The van der Waals surface area contributed by atoms with Gasteiger partial charge in [0.05, 0.1) is 6.61 Å². The topological polar surface area (TPSA) is 75.9 Å². The van der Waals surface area contributed by atoms with Gasteiger partial charge in [-0.15, -0.1) is 0 Å². The first-order valence-corrected chi connectivity index (χ1v) is 11.8. The van der Waals surface area contributed by atoms with Crippen LogP contribution in [0.5, 0.6) is 5.75 Å². The number of para-hydroxylation sites is 1. The largest absolute Gasteiger partial charge is 0.494 e. The number of piperidine rings is 1. The Morgan fingerprint density at radius 1 is 0.969 bits per heavy atom. The molecule has 0 bridgehead atoms. The van der Waals surface area contributed by atoms with E-state index in [-0.39, 0.29) is 17.9 Å². The highest BCUT2D eigenvalue weighted by Gasteiger charge is 2.33. The Morgan fingerprint density at radius 3 is 2.47 bits per heavy atom. The van der Waals surface area contributed by atoms with Gasteiger partial charge in [0.15, 0.2) is 0 Å². The summed E-state index contributed by atoms with van der Waals surface area (Å²) in [7, 11) is 0. The van der Waals surface area contributed by atoms with Gasteiger partial charge < -0.3 is 20.3 Å². The molecule has 6 nitrogen and oxygen atoms in total. The Hall–Kier alpha value is -2.86. The van der Waals surface area contributed by atoms with E-state index in [4.69, 9.17) is 10.5 Å². The summed E-state index contributed by atoms with van der Waals surface area (Å²) in [4.78, 5) is 29.6. The minimum absolute atomic E-state index is 0.0447. The number of unbranched alkanes of at least 4 members (excludes halogenated alkanes) is 2. The monoisotopic (exact) mass is 435 g/mol. The molecule has 2 aromatic carbocycles. The maximum absolute atomic E-state index is 13.0. The van der Waals surface area contributed by atoms with Crippen LogP contribution in [0.1, 0.15) is 54.4 Å². The minimum Gasteiger partial charge on any atom is -0.494 e. The van der Waals surface area contributed by atoms with Gasteiger partial charge in [-0.05, 0) is 81.0 Å². The molecular weight excluding hydrogens is 402 g/mol. The summed E-state index contributed by atoms with van der Waals surface area (Å²) >= 11 is 0. The predicted molar refractivity (Wildman–Crippen MR) is 126 cm³/mol. The Kier molecular flexibility index (Phi) is 7.43. The molecule has 2 heterocycles. The number of ether oxygens (including phenoxy) is 1. The van der Waals surface area contributed by atoms with Crippen molar-refractivity contribution in [2.45, 2.75) is 51.0 Å². The molecule has 2 aliphatic rings. The lowest BCUT2D eigenvalue weighted by atomic mass is 9.95. The van der Waals surface area contributed by atoms with Gasteiger partial charge in [-0.2, -0.15) is 0 Å². The van der Waals surface area contributed by atoms with Crippen LogP contribution >= 0.6 is 0 Å². The number of nitrogens with two attached hydrogens (primary N) is 1. The first kappa shape index (κ1) is 22.3. The van der Waals surface area contributed by atoms with Crippen LogP contribution in [0, 0.1) is 0 Å². The normalized spacial score (nSPS) is 16.7. The number of hydrogen-bond acceptors (Lipinski definition) is 4. The van der Waals surface area contributed by atoms with E-state index >= 15 is 0 Å². The zero-order chi connectivity index (χ0) is 22.3. The first-order chi connectivity index (χ1) is 15.7. The fourth-order valence-electron chi connectivity index (χ4n) is 4.67. The maximum Gasteiger partial charge on any atom is 0.253 e. The van der Waals surface area contributed by atoms with Gasteiger partial charge in [0.1, 0.15) is 5.75 Å². The molecule has 0 atom stereocenters. The highest BCUT2D eigenvalue weighted by atomic mass is 16.5. The standard InChI is InChI=1S/C26H33N3O3/c27-16-4-1-5-19-32-23-11-8-21(9-12-23)26(31)28-17-14-22(15-18-28)29-24-7-3-2-6-20(24)10-13-25(29)30/h2-3,6-9,11-12,22H,1,4-5,10,13-19,27H2. The number of nitrogens with zero attached hydrogens (tertiary/aromatic N) is 2. The number of likely N-dealkylation sites (tertiary alicyclic amines) is 1. The highest BCUT2D eigenvalue weighted by Crippen LogP contribution is 2.32. The van der Waals surface area contributed by atoms with Crippen LogP contribution in [0.2, 0.25) is 0 Å². The third-order valence-corrected chi connectivity index (χ3v) is 6.46. The van der Waals surface area contributed by atoms with Gasteiger partial charge in [0.2, 0.25) is 5.91 Å². The summed E-state index contributed by atoms with van der Waals surface area (Å²) in [5.74, 6) is 1.03. The third-order valence-electron chi connectivity index (χ3n) is 6.46. The van der Waals surface area contributed by atoms with Crippen LogP contribution in [0.4, 0.5) is 5.69 Å². The summed E-state index contributed by atoms with van der Waals surface area (Å²) in [6, 6.07) is 15.8. The Balaban J connectivity index is 1.31. The summed E-state index contributed by atoms with van der Waals surface area (Å²) in [6.07, 6.45) is 6.06. The third kappa shape index (κ3) is 5.13. The van der Waals surface area contributed by atoms with Gasteiger partial charge in [-0.3, -0.25) is 9.59 Å². The number of benzene rings is 2. The molecule has 6 heteroatoms. The molecule has 1 fully saturated rings. The fourth-order valence-corrected chi connectivity index (χ4v) is 4.67. The van der Waals surface area contributed by atoms with Crippen molar-refractivity contribution >= 4 is 17.5 Å². The number of carbonyl (C=O) groups is 2. The lowest BCUT2D eigenvalue weighted by molar-refractivity contribution is -0.119. The van der Waals surface area contributed by atoms with Crippen molar-refractivity contribution in [3.8, 4) is 5.75 Å². The van der Waals surface area contributed by atoms with Gasteiger partial charge in [0.25, 0.3) is 5.91 Å². The number of fused-ring (bicyclic) bond motifs is 1. The molecule has 0 radical (unpaired) electrons. The lowest BCUT2D eigenvalue weighted by Gasteiger charge is -2.41. The zero-order valence-electron chi connectivity index (χ0n) is 18.7. The molecule has 0 saturated carbocycles. The molecule has 0 aromatic heterocycles. The molecule has 2 amide bonds. The average molecular weight is 436 g/mol. The van der Waals surface area contributed by atoms with Crippen molar-refractivity contribution in [3.63, 3.8) is 0 Å². The van der Waals surface area contributed by atoms with Crippen LogP contribution in [0.15, 0.2) is 48.5 Å². The van der Waals surface area contributed by atoms with Crippen LogP contribution in [0.3, 0.4) is 0 Å². The summed E-state index contributed by atoms with van der Waals surface area (Å²) in [5, 5.41) is 0. The second kappa shape index (κ2) is 10.6. The van der Waals surface area contributed by atoms with Crippen LogP contribution in [-0.2, 0) is 11.2 Å². The quantitative estimate of drug-likeness (QED) is 0.641. The summed E-state index contributed by atoms with van der Waals surface area (Å²) < 4.78 is 5.75. The van der Waals surface area contributed by atoms with Crippen molar-refractivity contribution in [1.82, 2.24) is 4.90 Å². The molecule has 2 aliphatic heterocycles. The smallest absolute Gasteiger partial charge is 0.253 e. The van der Waals surface area contributed by atoms with E-state index in [1.807, 2.05) is 52.3 Å². The van der Waals surface area contributed by atoms with E-state index < -0.39 is 0 Å². The predicted octanol–water partition coefficient (Wildman–Crippen LogP) is 3.78. The SMILES string of the molecule is NCCCCCOc1ccc(C(=O)N2CCC(N3C(=O)CCc4ccccc43)CC2)cc1. The maximum atomic E-state index is 13.0. The van der Waals surface area contributed by atoms with Gasteiger partial charge in [-0.25, -0.2) is 0 Å². The lowest BCUT2D eigenvalue weighted by Crippen LogP contribution is -2.50. The van der Waals surface area contributed by atoms with E-state index in [9.17, 15) is 9.59 Å². The molecular formula is C26H33N3O3. The van der Waals surface area contributed by atoms with Crippen molar-refractivity contribution in [3.05, 3.63) is 59.7 Å². The zero-order valence-corrected chi connectivity index (χ0v) is 18.7. The molecule has 0 unspecified atom stereocenters. The molecule has 4 rings (SSSR count). The Bertz CT molecular complexity index is 920. The van der Waals surface area contributed by atoms with E-state index in [2.05, 4.69) is 6.07 Å². The number of anilines is 1. The summed E-state index contributed by atoms with van der Waals surface area (Å²) in [5.41, 5.74) is 8.48. The fraction of sp³-hybridized carbons (Fsp3) is 0.462. The Labute approximate surface area is 190 Å².